The lowest BCUT2D eigenvalue weighted by Gasteiger charge is -2.15. The molecule has 2 heteroatoms. The topological polar surface area (TPSA) is 52.0 Å². The highest BCUT2D eigenvalue weighted by Gasteiger charge is 2.05. The average Bonchev–Trinajstić information content (AvgIpc) is 2.58. The van der Waals surface area contributed by atoms with Crippen molar-refractivity contribution in [1.29, 1.82) is 0 Å². The molecule has 0 unspecified atom stereocenters. The number of para-hydroxylation sites is 1. The zero-order valence-electron chi connectivity index (χ0n) is 14.0. The van der Waals surface area contributed by atoms with Gasteiger partial charge in [-0.3, -0.25) is 0 Å². The SMILES string of the molecule is CC1CCCCC1.Nc1cccc(C=Cc2ccccc2)c1N.[HH]. The molecule has 0 radical (unpaired) electrons. The van der Waals surface area contributed by atoms with Crippen molar-refractivity contribution < 1.29 is 1.43 Å². The molecule has 4 N–H and O–H groups in total. The van der Waals surface area contributed by atoms with E-state index in [1.54, 1.807) is 6.07 Å². The zero-order chi connectivity index (χ0) is 16.5. The van der Waals surface area contributed by atoms with Gasteiger partial charge in [0.2, 0.25) is 0 Å². The Hall–Kier alpha value is -2.22. The molecule has 0 bridgehead atoms. The van der Waals surface area contributed by atoms with Crippen LogP contribution >= 0.6 is 0 Å². The van der Waals surface area contributed by atoms with Crippen molar-refractivity contribution >= 4 is 23.5 Å². The smallest absolute Gasteiger partial charge is 0.0621 e. The first-order valence-corrected chi connectivity index (χ1v) is 8.54. The third-order valence-corrected chi connectivity index (χ3v) is 4.32. The molecule has 2 aromatic rings. The van der Waals surface area contributed by atoms with Crippen molar-refractivity contribution in [1.82, 2.24) is 0 Å². The summed E-state index contributed by atoms with van der Waals surface area (Å²) in [6, 6.07) is 15.7. The number of hydrogen-bond acceptors (Lipinski definition) is 2. The Morgan fingerprint density at radius 3 is 2.17 bits per heavy atom. The van der Waals surface area contributed by atoms with Gasteiger partial charge in [-0.15, -0.1) is 0 Å². The third-order valence-electron chi connectivity index (χ3n) is 4.32. The number of anilines is 2. The molecule has 2 nitrogen and oxygen atoms in total. The Balaban J connectivity index is 0.000000304. The molecule has 0 saturated heterocycles. The first kappa shape index (κ1) is 17.1. The van der Waals surface area contributed by atoms with Crippen molar-refractivity contribution in [3.63, 3.8) is 0 Å². The fraction of sp³-hybridized carbons (Fsp3) is 0.333. The molecule has 124 valence electrons. The lowest BCUT2D eigenvalue weighted by molar-refractivity contribution is 0.385. The summed E-state index contributed by atoms with van der Waals surface area (Å²) < 4.78 is 0. The van der Waals surface area contributed by atoms with Crippen molar-refractivity contribution in [3.8, 4) is 0 Å². The second-order valence-corrected chi connectivity index (χ2v) is 6.34. The minimum atomic E-state index is 0. The van der Waals surface area contributed by atoms with Crippen molar-refractivity contribution in [2.24, 2.45) is 5.92 Å². The first-order chi connectivity index (χ1) is 11.2. The van der Waals surface area contributed by atoms with Gasteiger partial charge in [0.25, 0.3) is 0 Å². The fourth-order valence-electron chi connectivity index (χ4n) is 2.80. The molecule has 0 atom stereocenters. The summed E-state index contributed by atoms with van der Waals surface area (Å²) in [5, 5.41) is 0. The quantitative estimate of drug-likeness (QED) is 0.539. The molecule has 23 heavy (non-hydrogen) atoms. The maximum atomic E-state index is 5.87. The summed E-state index contributed by atoms with van der Waals surface area (Å²) in [5.41, 5.74) is 14.9. The first-order valence-electron chi connectivity index (χ1n) is 8.54. The van der Waals surface area contributed by atoms with E-state index in [1.165, 1.54) is 32.1 Å². The Morgan fingerprint density at radius 1 is 0.870 bits per heavy atom. The number of benzene rings is 2. The lowest BCUT2D eigenvalue weighted by Crippen LogP contribution is -1.99. The zero-order valence-corrected chi connectivity index (χ0v) is 14.0. The number of nitrogens with two attached hydrogens (primary N) is 2. The van der Waals surface area contributed by atoms with Crippen LogP contribution in [0, 0.1) is 5.92 Å². The Morgan fingerprint density at radius 2 is 1.57 bits per heavy atom. The van der Waals surface area contributed by atoms with Crippen LogP contribution in [0.3, 0.4) is 0 Å². The van der Waals surface area contributed by atoms with Crippen molar-refractivity contribution in [3.05, 3.63) is 59.7 Å². The van der Waals surface area contributed by atoms with E-state index in [1.807, 2.05) is 54.6 Å². The summed E-state index contributed by atoms with van der Waals surface area (Å²) in [6.07, 6.45) is 11.4. The number of nitrogen functional groups attached to an aromatic ring is 2. The summed E-state index contributed by atoms with van der Waals surface area (Å²) in [6.45, 7) is 2.36. The van der Waals surface area contributed by atoms with E-state index >= 15 is 0 Å². The largest absolute Gasteiger partial charge is 0.397 e. The average molecular weight is 310 g/mol. The molecule has 0 aromatic heterocycles. The fourth-order valence-corrected chi connectivity index (χ4v) is 2.80. The van der Waals surface area contributed by atoms with Crippen LogP contribution in [0.25, 0.3) is 12.2 Å². The maximum absolute atomic E-state index is 5.87. The Kier molecular flexibility index (Phi) is 6.74. The number of hydrogen-bond donors (Lipinski definition) is 2. The maximum Gasteiger partial charge on any atom is 0.0621 e. The van der Waals surface area contributed by atoms with E-state index in [9.17, 15) is 0 Å². The van der Waals surface area contributed by atoms with E-state index in [0.717, 1.165) is 17.0 Å². The molecule has 1 aliphatic rings. The number of rotatable bonds is 2. The predicted octanol–water partition coefficient (Wildman–Crippen LogP) is 5.85. The lowest BCUT2D eigenvalue weighted by atomic mass is 9.91. The third kappa shape index (κ3) is 5.82. The second kappa shape index (κ2) is 9.04. The van der Waals surface area contributed by atoms with Crippen LogP contribution in [0.1, 0.15) is 51.6 Å². The summed E-state index contributed by atoms with van der Waals surface area (Å²) in [4.78, 5) is 0. The van der Waals surface area contributed by atoms with E-state index in [-0.39, 0.29) is 1.43 Å². The summed E-state index contributed by atoms with van der Waals surface area (Å²) in [7, 11) is 0. The molecular formula is C21H30N2. The van der Waals surface area contributed by atoms with Crippen molar-refractivity contribution in [2.75, 3.05) is 11.5 Å². The standard InChI is InChI=1S/C14H14N2.C7H14.H2/c15-13-8-4-7-12(14(13)16)10-9-11-5-2-1-3-6-11;1-7-5-3-2-4-6-7;/h1-10H,15-16H2;7H,2-6H2,1H3;1H. The summed E-state index contributed by atoms with van der Waals surface area (Å²) in [5.74, 6) is 1.04. The molecule has 2 aromatic carbocycles. The molecular weight excluding hydrogens is 280 g/mol. The van der Waals surface area contributed by atoms with E-state index in [0.29, 0.717) is 11.4 Å². The van der Waals surface area contributed by atoms with Crippen molar-refractivity contribution in [2.45, 2.75) is 39.0 Å². The Labute approximate surface area is 141 Å². The van der Waals surface area contributed by atoms with E-state index in [4.69, 9.17) is 11.5 Å². The van der Waals surface area contributed by atoms with E-state index in [2.05, 4.69) is 6.92 Å². The molecule has 0 spiro atoms. The van der Waals surface area contributed by atoms with Gasteiger partial charge in [-0.25, -0.2) is 0 Å². The minimum absolute atomic E-state index is 0. The van der Waals surface area contributed by atoms with Gasteiger partial charge in [-0.05, 0) is 23.1 Å². The van der Waals surface area contributed by atoms with Crippen LogP contribution in [-0.2, 0) is 0 Å². The van der Waals surface area contributed by atoms with Gasteiger partial charge in [-0.2, -0.15) is 0 Å². The van der Waals surface area contributed by atoms with Crippen LogP contribution in [0.4, 0.5) is 11.4 Å². The molecule has 0 amide bonds. The van der Waals surface area contributed by atoms with Gasteiger partial charge in [0.15, 0.2) is 0 Å². The summed E-state index contributed by atoms with van der Waals surface area (Å²) >= 11 is 0. The molecule has 3 rings (SSSR count). The molecule has 0 aliphatic heterocycles. The van der Waals surface area contributed by atoms with Crippen LogP contribution < -0.4 is 11.5 Å². The van der Waals surface area contributed by atoms with Crippen LogP contribution in [0.5, 0.6) is 0 Å². The second-order valence-electron chi connectivity index (χ2n) is 6.34. The Bertz CT molecular complexity index is 617. The molecule has 1 fully saturated rings. The van der Waals surface area contributed by atoms with Gasteiger partial charge in [0.1, 0.15) is 0 Å². The van der Waals surface area contributed by atoms with Crippen LogP contribution in [0.15, 0.2) is 48.5 Å². The van der Waals surface area contributed by atoms with Gasteiger partial charge >= 0.3 is 0 Å². The normalized spacial score (nSPS) is 15.2. The van der Waals surface area contributed by atoms with Gasteiger partial charge in [-0.1, -0.05) is 93.6 Å². The van der Waals surface area contributed by atoms with E-state index < -0.39 is 0 Å². The minimum Gasteiger partial charge on any atom is -0.397 e. The molecule has 0 heterocycles. The highest BCUT2D eigenvalue weighted by molar-refractivity contribution is 5.81. The van der Waals surface area contributed by atoms with Crippen LogP contribution in [-0.4, -0.2) is 0 Å². The highest BCUT2D eigenvalue weighted by atomic mass is 14.7. The molecule has 1 saturated carbocycles. The van der Waals surface area contributed by atoms with Gasteiger partial charge in [0, 0.05) is 1.43 Å². The highest BCUT2D eigenvalue weighted by Crippen LogP contribution is 2.22. The predicted molar refractivity (Wildman–Crippen MR) is 105 cm³/mol. The van der Waals surface area contributed by atoms with Crippen LogP contribution in [0.2, 0.25) is 0 Å². The molecule has 1 aliphatic carbocycles. The monoisotopic (exact) mass is 310 g/mol. The van der Waals surface area contributed by atoms with Gasteiger partial charge in [0.05, 0.1) is 11.4 Å². The van der Waals surface area contributed by atoms with Gasteiger partial charge < -0.3 is 11.5 Å².